The summed E-state index contributed by atoms with van der Waals surface area (Å²) in [5.74, 6) is 0.463. The zero-order valence-electron chi connectivity index (χ0n) is 24.7. The van der Waals surface area contributed by atoms with Crippen LogP contribution in [0.1, 0.15) is 126 Å². The molecule has 218 valence electrons. The quantitative estimate of drug-likeness (QED) is 0.268. The van der Waals surface area contributed by atoms with Gasteiger partial charge in [0, 0.05) is 4.83 Å². The second kappa shape index (κ2) is 11.6. The first-order valence-corrected chi connectivity index (χ1v) is 15.6. The normalized spacial score (nSPS) is 42.5. The van der Waals surface area contributed by atoms with Gasteiger partial charge in [0.25, 0.3) is 0 Å². The van der Waals surface area contributed by atoms with Crippen LogP contribution in [0, 0.1) is 5.92 Å². The van der Waals surface area contributed by atoms with Crippen molar-refractivity contribution in [1.82, 2.24) is 0 Å². The van der Waals surface area contributed by atoms with Crippen LogP contribution in [0.5, 0.6) is 0 Å². The van der Waals surface area contributed by atoms with Crippen LogP contribution in [0.3, 0.4) is 0 Å². The second-order valence-corrected chi connectivity index (χ2v) is 15.4. The Kier molecular flexibility index (Phi) is 9.97. The van der Waals surface area contributed by atoms with Gasteiger partial charge < -0.3 is 29.5 Å². The predicted octanol–water partition coefficient (Wildman–Crippen LogP) is 6.05. The Hall–Kier alpha value is 0.240. The molecule has 3 aliphatic heterocycles. The number of ether oxygens (including phenoxy) is 3. The lowest BCUT2D eigenvalue weighted by molar-refractivity contribution is -0.262. The fourth-order valence-corrected chi connectivity index (χ4v) is 7.00. The highest BCUT2D eigenvalue weighted by atomic mass is 79.9. The summed E-state index contributed by atoms with van der Waals surface area (Å²) >= 11 is 3.78. The van der Waals surface area contributed by atoms with Crippen LogP contribution in [0.2, 0.25) is 0 Å². The van der Waals surface area contributed by atoms with Crippen LogP contribution in [0.15, 0.2) is 0 Å². The molecule has 3 rings (SSSR count). The number of hydrogen-bond acceptors (Lipinski definition) is 6. The van der Waals surface area contributed by atoms with Gasteiger partial charge in [0.15, 0.2) is 0 Å². The molecule has 0 aromatic carbocycles. The van der Waals surface area contributed by atoms with Crippen molar-refractivity contribution in [2.75, 3.05) is 0 Å². The standard InChI is InChI=1S/C30H55BrO6/c1-20(12-13-22(32)29(7)19-16-23(36-29)26(2,3)33)10-9-11-24-28(6,34)17-15-25(35-24)30(8)18-14-21(31)27(4,5)37-30/h20-25,32-34H,9-19H2,1-8H3/t20-,21-,22+,23-,24-,25-,28+,29-,30+/m1/s1. The lowest BCUT2D eigenvalue weighted by Gasteiger charge is -2.53. The molecule has 3 heterocycles. The summed E-state index contributed by atoms with van der Waals surface area (Å²) < 4.78 is 19.3. The molecule has 0 unspecified atom stereocenters. The minimum atomic E-state index is -0.890. The third-order valence-corrected chi connectivity index (χ3v) is 11.2. The number of hydrogen-bond donors (Lipinski definition) is 3. The molecular weight excluding hydrogens is 536 g/mol. The lowest BCUT2D eigenvalue weighted by atomic mass is 9.78. The van der Waals surface area contributed by atoms with Crippen molar-refractivity contribution >= 4 is 15.9 Å². The smallest absolute Gasteiger partial charge is 0.0923 e. The molecule has 0 aromatic heterocycles. The number of aliphatic hydroxyl groups is 3. The third-order valence-electron chi connectivity index (χ3n) is 9.66. The van der Waals surface area contributed by atoms with Crippen molar-refractivity contribution in [2.45, 2.75) is 183 Å². The zero-order valence-corrected chi connectivity index (χ0v) is 26.3. The van der Waals surface area contributed by atoms with Gasteiger partial charge in [0.05, 0.1) is 52.4 Å². The molecule has 6 nitrogen and oxygen atoms in total. The van der Waals surface area contributed by atoms with Crippen LogP contribution in [-0.4, -0.2) is 72.6 Å². The molecule has 0 saturated carbocycles. The van der Waals surface area contributed by atoms with Gasteiger partial charge in [-0.1, -0.05) is 35.7 Å². The van der Waals surface area contributed by atoms with E-state index in [1.54, 1.807) is 13.8 Å². The van der Waals surface area contributed by atoms with Gasteiger partial charge in [-0.15, -0.1) is 0 Å². The Morgan fingerprint density at radius 3 is 2.24 bits per heavy atom. The summed E-state index contributed by atoms with van der Waals surface area (Å²) in [6, 6.07) is 0. The maximum atomic E-state index is 11.1. The van der Waals surface area contributed by atoms with Gasteiger partial charge >= 0.3 is 0 Å². The summed E-state index contributed by atoms with van der Waals surface area (Å²) in [6.45, 7) is 16.1. The Bertz CT molecular complexity index is 751. The molecule has 0 radical (unpaired) electrons. The number of halogens is 1. The van der Waals surface area contributed by atoms with E-state index in [0.717, 1.165) is 64.2 Å². The maximum absolute atomic E-state index is 11.1. The number of aliphatic hydroxyl groups excluding tert-OH is 1. The van der Waals surface area contributed by atoms with E-state index in [1.165, 1.54) is 0 Å². The molecule has 37 heavy (non-hydrogen) atoms. The minimum absolute atomic E-state index is 0.00977. The average Bonchev–Trinajstić information content (AvgIpc) is 3.19. The summed E-state index contributed by atoms with van der Waals surface area (Å²) in [5, 5.41) is 32.3. The molecule has 9 atom stereocenters. The van der Waals surface area contributed by atoms with Crippen LogP contribution in [0.25, 0.3) is 0 Å². The van der Waals surface area contributed by atoms with E-state index in [1.807, 2.05) is 13.8 Å². The molecule has 3 N–H and O–H groups in total. The molecule has 7 heteroatoms. The van der Waals surface area contributed by atoms with E-state index in [2.05, 4.69) is 43.6 Å². The predicted molar refractivity (Wildman–Crippen MR) is 151 cm³/mol. The highest BCUT2D eigenvalue weighted by Crippen LogP contribution is 2.46. The van der Waals surface area contributed by atoms with Crippen LogP contribution >= 0.6 is 15.9 Å². The Balaban J connectivity index is 1.46. The van der Waals surface area contributed by atoms with Crippen molar-refractivity contribution in [3.63, 3.8) is 0 Å². The highest BCUT2D eigenvalue weighted by Gasteiger charge is 2.51. The van der Waals surface area contributed by atoms with Crippen molar-refractivity contribution < 1.29 is 29.5 Å². The highest BCUT2D eigenvalue weighted by molar-refractivity contribution is 9.09. The minimum Gasteiger partial charge on any atom is -0.390 e. The molecule has 0 bridgehead atoms. The first-order chi connectivity index (χ1) is 16.9. The molecule has 3 fully saturated rings. The van der Waals surface area contributed by atoms with E-state index < -0.39 is 22.9 Å². The average molecular weight is 592 g/mol. The first-order valence-electron chi connectivity index (χ1n) is 14.7. The fraction of sp³-hybridized carbons (Fsp3) is 1.00. The van der Waals surface area contributed by atoms with Gasteiger partial charge in [0.2, 0.25) is 0 Å². The van der Waals surface area contributed by atoms with E-state index in [9.17, 15) is 15.3 Å². The summed E-state index contributed by atoms with van der Waals surface area (Å²) in [6.07, 6.45) is 8.55. The SMILES string of the molecule is C[C@H](CCC[C@H]1O[C@@H]([C@]2(C)CC[C@@H](Br)C(C)(C)O2)CC[C@]1(C)O)CC[C@H](O)[C@@]1(C)CC[C@H](C(C)(C)O)O1. The second-order valence-electron chi connectivity index (χ2n) is 14.3. The molecule has 3 aliphatic rings. The number of alkyl halides is 1. The molecule has 0 spiro atoms. The van der Waals surface area contributed by atoms with Gasteiger partial charge in [-0.2, -0.15) is 0 Å². The van der Waals surface area contributed by atoms with Crippen LogP contribution < -0.4 is 0 Å². The van der Waals surface area contributed by atoms with E-state index in [0.29, 0.717) is 17.2 Å². The van der Waals surface area contributed by atoms with Crippen molar-refractivity contribution in [3.05, 3.63) is 0 Å². The Morgan fingerprint density at radius 1 is 0.973 bits per heavy atom. The monoisotopic (exact) mass is 590 g/mol. The molecule has 3 saturated heterocycles. The molecular formula is C30H55BrO6. The molecule has 0 amide bonds. The van der Waals surface area contributed by atoms with Crippen LogP contribution in [0.4, 0.5) is 0 Å². The van der Waals surface area contributed by atoms with E-state index in [-0.39, 0.29) is 29.5 Å². The van der Waals surface area contributed by atoms with Crippen molar-refractivity contribution in [1.29, 1.82) is 0 Å². The maximum Gasteiger partial charge on any atom is 0.0923 e. The topological polar surface area (TPSA) is 88.4 Å². The van der Waals surface area contributed by atoms with Gasteiger partial charge in [-0.05, 0) is 112 Å². The van der Waals surface area contributed by atoms with E-state index in [4.69, 9.17) is 14.2 Å². The lowest BCUT2D eigenvalue weighted by Crippen LogP contribution is -2.60. The van der Waals surface area contributed by atoms with Gasteiger partial charge in [-0.25, -0.2) is 0 Å². The largest absolute Gasteiger partial charge is 0.390 e. The summed E-state index contributed by atoms with van der Waals surface area (Å²) in [5.41, 5.74) is -2.88. The van der Waals surface area contributed by atoms with Gasteiger partial charge in [0.1, 0.15) is 0 Å². The van der Waals surface area contributed by atoms with Crippen LogP contribution in [-0.2, 0) is 14.2 Å². The third kappa shape index (κ3) is 7.71. The van der Waals surface area contributed by atoms with Crippen molar-refractivity contribution in [3.8, 4) is 0 Å². The Morgan fingerprint density at radius 2 is 1.65 bits per heavy atom. The van der Waals surface area contributed by atoms with E-state index >= 15 is 0 Å². The molecule has 0 aromatic rings. The first kappa shape index (κ1) is 31.8. The summed E-state index contributed by atoms with van der Waals surface area (Å²) in [7, 11) is 0. The zero-order chi connectivity index (χ0) is 27.9. The number of rotatable bonds is 10. The van der Waals surface area contributed by atoms with Gasteiger partial charge in [-0.3, -0.25) is 0 Å². The van der Waals surface area contributed by atoms with Crippen molar-refractivity contribution in [2.24, 2.45) is 5.92 Å². The fourth-order valence-electron chi connectivity index (χ4n) is 6.68. The summed E-state index contributed by atoms with van der Waals surface area (Å²) in [4.78, 5) is 0.335. The Labute approximate surface area is 234 Å². The molecule has 0 aliphatic carbocycles.